The number of H-pyrrole nitrogens is 1. The molecule has 0 bridgehead atoms. The standard InChI is InChI=1S/C21H19ClN4O2/c22-15-6-3-5-14(11-15)12-23-19(27)9-4-10-26-18-8-2-1-7-16(18)17-13-24-25-21(28)20(17)26/h1-3,5-8,11,13H,4,9-10,12H2,(H,23,27)(H,25,28). The molecule has 2 N–H and O–H groups in total. The molecule has 4 rings (SSSR count). The van der Waals surface area contributed by atoms with Crippen LogP contribution in [0.3, 0.4) is 0 Å². The number of halogens is 1. The van der Waals surface area contributed by atoms with Gasteiger partial charge in [-0.3, -0.25) is 9.59 Å². The minimum absolute atomic E-state index is 0.0312. The van der Waals surface area contributed by atoms with Gasteiger partial charge in [0.1, 0.15) is 5.52 Å². The van der Waals surface area contributed by atoms with Crippen LogP contribution in [0.2, 0.25) is 5.02 Å². The van der Waals surface area contributed by atoms with Crippen molar-refractivity contribution in [3.8, 4) is 0 Å². The summed E-state index contributed by atoms with van der Waals surface area (Å²) in [7, 11) is 0. The summed E-state index contributed by atoms with van der Waals surface area (Å²) in [6.07, 6.45) is 2.67. The van der Waals surface area contributed by atoms with Crippen LogP contribution >= 0.6 is 11.6 Å². The van der Waals surface area contributed by atoms with Gasteiger partial charge in [0.15, 0.2) is 0 Å². The number of aromatic nitrogens is 3. The normalized spacial score (nSPS) is 11.2. The first-order valence-electron chi connectivity index (χ1n) is 9.09. The summed E-state index contributed by atoms with van der Waals surface area (Å²) in [6.45, 7) is 1.02. The summed E-state index contributed by atoms with van der Waals surface area (Å²) in [6, 6.07) is 15.3. The van der Waals surface area contributed by atoms with Gasteiger partial charge in [-0.1, -0.05) is 41.9 Å². The van der Waals surface area contributed by atoms with Gasteiger partial charge in [0.05, 0.1) is 6.20 Å². The molecular formula is C21H19ClN4O2. The number of benzene rings is 2. The smallest absolute Gasteiger partial charge is 0.288 e. The molecule has 2 aromatic heterocycles. The molecular weight excluding hydrogens is 376 g/mol. The van der Waals surface area contributed by atoms with E-state index in [1.165, 1.54) is 0 Å². The molecule has 2 heterocycles. The number of nitrogens with one attached hydrogen (secondary N) is 2. The quantitative estimate of drug-likeness (QED) is 0.524. The van der Waals surface area contributed by atoms with E-state index >= 15 is 0 Å². The number of amides is 1. The maximum absolute atomic E-state index is 12.3. The van der Waals surface area contributed by atoms with Gasteiger partial charge in [-0.05, 0) is 30.2 Å². The zero-order valence-electron chi connectivity index (χ0n) is 15.1. The van der Waals surface area contributed by atoms with Gasteiger partial charge >= 0.3 is 0 Å². The van der Waals surface area contributed by atoms with Crippen molar-refractivity contribution >= 4 is 39.3 Å². The van der Waals surface area contributed by atoms with Gasteiger partial charge in [-0.15, -0.1) is 0 Å². The van der Waals surface area contributed by atoms with Crippen molar-refractivity contribution in [1.29, 1.82) is 0 Å². The van der Waals surface area contributed by atoms with Crippen LogP contribution in [0.5, 0.6) is 0 Å². The number of fused-ring (bicyclic) bond motifs is 3. The number of nitrogens with zero attached hydrogens (tertiary/aromatic N) is 2. The van der Waals surface area contributed by atoms with Crippen LogP contribution in [-0.2, 0) is 17.9 Å². The van der Waals surface area contributed by atoms with E-state index in [1.54, 1.807) is 12.3 Å². The third-order valence-corrected chi connectivity index (χ3v) is 4.98. The van der Waals surface area contributed by atoms with Crippen molar-refractivity contribution < 1.29 is 4.79 Å². The third kappa shape index (κ3) is 3.64. The molecule has 7 heteroatoms. The van der Waals surface area contributed by atoms with E-state index in [4.69, 9.17) is 11.6 Å². The van der Waals surface area contributed by atoms with Crippen LogP contribution in [-0.4, -0.2) is 20.7 Å². The van der Waals surface area contributed by atoms with E-state index in [9.17, 15) is 9.59 Å². The second-order valence-corrected chi connectivity index (χ2v) is 7.08. The lowest BCUT2D eigenvalue weighted by atomic mass is 10.2. The third-order valence-electron chi connectivity index (χ3n) is 4.75. The molecule has 0 radical (unpaired) electrons. The molecule has 4 aromatic rings. The van der Waals surface area contributed by atoms with Crippen molar-refractivity contribution in [1.82, 2.24) is 20.1 Å². The highest BCUT2D eigenvalue weighted by molar-refractivity contribution is 6.30. The average molecular weight is 395 g/mol. The Hall–Kier alpha value is -3.12. The van der Waals surface area contributed by atoms with E-state index < -0.39 is 0 Å². The Kier molecular flexibility index (Phi) is 5.12. The molecule has 1 amide bonds. The predicted molar refractivity (Wildman–Crippen MR) is 110 cm³/mol. The Balaban J connectivity index is 1.45. The van der Waals surface area contributed by atoms with E-state index in [0.29, 0.717) is 36.5 Å². The highest BCUT2D eigenvalue weighted by Crippen LogP contribution is 2.26. The largest absolute Gasteiger partial charge is 0.352 e. The van der Waals surface area contributed by atoms with Crippen LogP contribution < -0.4 is 10.9 Å². The molecule has 0 spiro atoms. The molecule has 6 nitrogen and oxygen atoms in total. The zero-order chi connectivity index (χ0) is 19.5. The molecule has 0 unspecified atom stereocenters. The molecule has 0 aliphatic carbocycles. The summed E-state index contributed by atoms with van der Waals surface area (Å²) >= 11 is 5.96. The van der Waals surface area contributed by atoms with E-state index in [0.717, 1.165) is 21.9 Å². The first kappa shape index (κ1) is 18.3. The van der Waals surface area contributed by atoms with Crippen LogP contribution in [0.1, 0.15) is 18.4 Å². The van der Waals surface area contributed by atoms with Crippen molar-refractivity contribution in [3.05, 3.63) is 75.7 Å². The van der Waals surface area contributed by atoms with Crippen LogP contribution in [0.4, 0.5) is 0 Å². The molecule has 28 heavy (non-hydrogen) atoms. The lowest BCUT2D eigenvalue weighted by molar-refractivity contribution is -0.121. The van der Waals surface area contributed by atoms with Crippen molar-refractivity contribution in [2.24, 2.45) is 0 Å². The Morgan fingerprint density at radius 2 is 2.00 bits per heavy atom. The molecule has 0 fully saturated rings. The second kappa shape index (κ2) is 7.86. The summed E-state index contributed by atoms with van der Waals surface area (Å²) in [5, 5.41) is 11.8. The number of rotatable bonds is 6. The fraction of sp³-hybridized carbons (Fsp3) is 0.190. The van der Waals surface area contributed by atoms with Crippen LogP contribution in [0.15, 0.2) is 59.5 Å². The van der Waals surface area contributed by atoms with Crippen molar-refractivity contribution in [3.63, 3.8) is 0 Å². The zero-order valence-corrected chi connectivity index (χ0v) is 15.9. The van der Waals surface area contributed by atoms with E-state index in [1.807, 2.05) is 47.0 Å². The molecule has 0 aliphatic rings. The van der Waals surface area contributed by atoms with E-state index in [2.05, 4.69) is 15.5 Å². The lowest BCUT2D eigenvalue weighted by Crippen LogP contribution is -2.23. The lowest BCUT2D eigenvalue weighted by Gasteiger charge is -2.08. The van der Waals surface area contributed by atoms with Crippen LogP contribution in [0.25, 0.3) is 21.8 Å². The Bertz CT molecular complexity index is 1210. The molecule has 2 aromatic carbocycles. The predicted octanol–water partition coefficient (Wildman–Crippen LogP) is 3.63. The summed E-state index contributed by atoms with van der Waals surface area (Å²) in [5.74, 6) is -0.0312. The molecule has 0 aliphatic heterocycles. The monoisotopic (exact) mass is 394 g/mol. The number of para-hydroxylation sites is 1. The van der Waals surface area contributed by atoms with Crippen LogP contribution in [0, 0.1) is 0 Å². The number of aryl methyl sites for hydroxylation is 1. The fourth-order valence-corrected chi connectivity index (χ4v) is 3.69. The van der Waals surface area contributed by atoms with Crippen molar-refractivity contribution in [2.75, 3.05) is 0 Å². The molecule has 0 saturated carbocycles. The molecule has 142 valence electrons. The number of carbonyl (C=O) groups is 1. The van der Waals surface area contributed by atoms with Gasteiger partial charge in [-0.25, -0.2) is 5.10 Å². The summed E-state index contributed by atoms with van der Waals surface area (Å²) < 4.78 is 1.97. The highest BCUT2D eigenvalue weighted by atomic mass is 35.5. The summed E-state index contributed by atoms with van der Waals surface area (Å²) in [4.78, 5) is 24.5. The highest BCUT2D eigenvalue weighted by Gasteiger charge is 2.13. The molecule has 0 atom stereocenters. The van der Waals surface area contributed by atoms with Gasteiger partial charge in [0.25, 0.3) is 5.56 Å². The van der Waals surface area contributed by atoms with Gasteiger partial charge in [-0.2, -0.15) is 5.10 Å². The summed E-state index contributed by atoms with van der Waals surface area (Å²) in [5.41, 5.74) is 2.30. The number of hydrogen-bond donors (Lipinski definition) is 2. The van der Waals surface area contributed by atoms with E-state index in [-0.39, 0.29) is 11.5 Å². The maximum atomic E-state index is 12.3. The van der Waals surface area contributed by atoms with Gasteiger partial charge in [0, 0.05) is 40.8 Å². The average Bonchev–Trinajstić information content (AvgIpc) is 3.02. The van der Waals surface area contributed by atoms with Gasteiger partial charge < -0.3 is 9.88 Å². The van der Waals surface area contributed by atoms with Gasteiger partial charge in [0.2, 0.25) is 5.91 Å². The first-order valence-corrected chi connectivity index (χ1v) is 9.47. The maximum Gasteiger partial charge on any atom is 0.288 e. The molecule has 0 saturated heterocycles. The number of aromatic amines is 1. The Morgan fingerprint density at radius 1 is 1.14 bits per heavy atom. The minimum atomic E-state index is -0.223. The number of hydrogen-bond acceptors (Lipinski definition) is 3. The topological polar surface area (TPSA) is 79.8 Å². The minimum Gasteiger partial charge on any atom is -0.352 e. The second-order valence-electron chi connectivity index (χ2n) is 6.64. The fourth-order valence-electron chi connectivity index (χ4n) is 3.48. The number of carbonyl (C=O) groups excluding carboxylic acids is 1. The Labute approximate surface area is 166 Å². The Morgan fingerprint density at radius 3 is 2.86 bits per heavy atom. The SMILES string of the molecule is O=C(CCCn1c2ccccc2c2cn[nH]c(=O)c21)NCc1cccc(Cl)c1. The van der Waals surface area contributed by atoms with Crippen molar-refractivity contribution in [2.45, 2.75) is 25.9 Å². The first-order chi connectivity index (χ1) is 13.6.